The lowest BCUT2D eigenvalue weighted by Crippen LogP contribution is -2.24. The van der Waals surface area contributed by atoms with E-state index in [4.69, 9.17) is 0 Å². The highest BCUT2D eigenvalue weighted by Crippen LogP contribution is 2.29. The van der Waals surface area contributed by atoms with E-state index in [1.807, 2.05) is 0 Å². The zero-order chi connectivity index (χ0) is 8.48. The van der Waals surface area contributed by atoms with E-state index in [0.717, 1.165) is 5.69 Å². The van der Waals surface area contributed by atoms with Crippen LogP contribution in [0.25, 0.3) is 0 Å². The van der Waals surface area contributed by atoms with Gasteiger partial charge < -0.3 is 4.52 Å². The highest BCUT2D eigenvalue weighted by molar-refractivity contribution is 5.10. The van der Waals surface area contributed by atoms with Crippen molar-refractivity contribution in [2.24, 2.45) is 5.92 Å². The molecule has 0 aliphatic carbocycles. The molecule has 1 aromatic heterocycles. The number of rotatable bonds is 2. The van der Waals surface area contributed by atoms with Crippen LogP contribution in [0.4, 0.5) is 0 Å². The van der Waals surface area contributed by atoms with Gasteiger partial charge in [-0.1, -0.05) is 32.9 Å². The summed E-state index contributed by atoms with van der Waals surface area (Å²) in [5, 5.41) is 3.88. The second-order valence-electron chi connectivity index (χ2n) is 3.71. The molecule has 2 heteroatoms. The van der Waals surface area contributed by atoms with Crippen LogP contribution in [0.5, 0.6) is 0 Å². The van der Waals surface area contributed by atoms with E-state index in [9.17, 15) is 0 Å². The summed E-state index contributed by atoms with van der Waals surface area (Å²) in [6.45, 7) is 8.66. The van der Waals surface area contributed by atoms with Crippen LogP contribution in [0.1, 0.15) is 33.4 Å². The summed E-state index contributed by atoms with van der Waals surface area (Å²) in [4.78, 5) is 0. The van der Waals surface area contributed by atoms with Crippen LogP contribution in [0.2, 0.25) is 0 Å². The van der Waals surface area contributed by atoms with Crippen molar-refractivity contribution in [2.45, 2.75) is 33.1 Å². The van der Waals surface area contributed by atoms with Crippen molar-refractivity contribution in [3.63, 3.8) is 0 Å². The van der Waals surface area contributed by atoms with Gasteiger partial charge in [0, 0.05) is 11.5 Å². The third-order valence-electron chi connectivity index (χ3n) is 2.50. The molecule has 11 heavy (non-hydrogen) atoms. The van der Waals surface area contributed by atoms with Crippen molar-refractivity contribution in [3.8, 4) is 0 Å². The molecule has 2 nitrogen and oxygen atoms in total. The quantitative estimate of drug-likeness (QED) is 0.650. The molecular formula is C9H14NO. The molecule has 0 fully saturated rings. The molecule has 61 valence electrons. The fraction of sp³-hybridized carbons (Fsp3) is 0.667. The van der Waals surface area contributed by atoms with Gasteiger partial charge in [-0.05, 0) is 5.92 Å². The monoisotopic (exact) mass is 152 g/mol. The summed E-state index contributed by atoms with van der Waals surface area (Å²) in [6.07, 6.45) is 2.60. The second-order valence-corrected chi connectivity index (χ2v) is 3.71. The van der Waals surface area contributed by atoms with Crippen molar-refractivity contribution < 1.29 is 4.52 Å². The molecule has 0 bridgehead atoms. The lowest BCUT2D eigenvalue weighted by molar-refractivity contribution is 0.327. The largest absolute Gasteiger partial charge is 0.353 e. The van der Waals surface area contributed by atoms with Crippen LogP contribution in [-0.2, 0) is 5.41 Å². The molecule has 0 saturated carbocycles. The molecule has 0 aromatic carbocycles. The Kier molecular flexibility index (Phi) is 2.03. The van der Waals surface area contributed by atoms with Gasteiger partial charge in [0.2, 0.25) is 6.26 Å². The van der Waals surface area contributed by atoms with Crippen LogP contribution in [0.15, 0.2) is 10.6 Å². The number of nitrogens with zero attached hydrogens (tertiary/aromatic N) is 1. The smallest absolute Gasteiger partial charge is 0.205 e. The van der Waals surface area contributed by atoms with E-state index in [-0.39, 0.29) is 5.41 Å². The Morgan fingerprint density at radius 3 is 2.55 bits per heavy atom. The van der Waals surface area contributed by atoms with E-state index < -0.39 is 0 Å². The third-order valence-corrected chi connectivity index (χ3v) is 2.50. The topological polar surface area (TPSA) is 26.0 Å². The van der Waals surface area contributed by atoms with Crippen LogP contribution in [0.3, 0.4) is 0 Å². The lowest BCUT2D eigenvalue weighted by atomic mass is 9.78. The number of hydrogen-bond donors (Lipinski definition) is 0. The molecule has 1 rings (SSSR count). The third kappa shape index (κ3) is 1.44. The van der Waals surface area contributed by atoms with Crippen molar-refractivity contribution in [1.29, 1.82) is 0 Å². The Morgan fingerprint density at radius 2 is 2.18 bits per heavy atom. The Morgan fingerprint density at radius 1 is 1.55 bits per heavy atom. The second kappa shape index (κ2) is 2.68. The average Bonchev–Trinajstić information content (AvgIpc) is 2.37. The Labute approximate surface area is 67.6 Å². The summed E-state index contributed by atoms with van der Waals surface area (Å²) in [6, 6.07) is 1.81. The highest BCUT2D eigenvalue weighted by Gasteiger charge is 2.27. The van der Waals surface area contributed by atoms with E-state index in [1.54, 1.807) is 6.07 Å². The van der Waals surface area contributed by atoms with E-state index >= 15 is 0 Å². The van der Waals surface area contributed by atoms with Crippen molar-refractivity contribution in [1.82, 2.24) is 5.16 Å². The summed E-state index contributed by atoms with van der Waals surface area (Å²) < 4.78 is 4.68. The Hall–Kier alpha value is -0.790. The SMILES string of the molecule is CC(C)C(C)(C)c1c[c]on1. The average molecular weight is 152 g/mol. The zero-order valence-corrected chi connectivity index (χ0v) is 7.51. The first-order valence-corrected chi connectivity index (χ1v) is 3.88. The van der Waals surface area contributed by atoms with Crippen LogP contribution >= 0.6 is 0 Å². The fourth-order valence-corrected chi connectivity index (χ4v) is 0.783. The lowest BCUT2D eigenvalue weighted by Gasteiger charge is -2.25. The van der Waals surface area contributed by atoms with Crippen molar-refractivity contribution >= 4 is 0 Å². The maximum atomic E-state index is 4.68. The minimum absolute atomic E-state index is 0.0868. The van der Waals surface area contributed by atoms with Gasteiger partial charge in [-0.3, -0.25) is 0 Å². The van der Waals surface area contributed by atoms with E-state index in [0.29, 0.717) is 5.92 Å². The molecule has 0 aliphatic rings. The van der Waals surface area contributed by atoms with Gasteiger partial charge in [-0.2, -0.15) is 0 Å². The Bertz CT molecular complexity index is 211. The van der Waals surface area contributed by atoms with E-state index in [1.165, 1.54) is 0 Å². The van der Waals surface area contributed by atoms with Gasteiger partial charge in [0.1, 0.15) is 0 Å². The Balaban J connectivity index is 2.90. The van der Waals surface area contributed by atoms with E-state index in [2.05, 4.69) is 43.6 Å². The molecule has 0 amide bonds. The molecule has 0 unspecified atom stereocenters. The van der Waals surface area contributed by atoms with Gasteiger partial charge in [-0.25, -0.2) is 0 Å². The first kappa shape index (κ1) is 8.31. The van der Waals surface area contributed by atoms with Crippen LogP contribution in [0, 0.1) is 12.2 Å². The molecule has 0 aliphatic heterocycles. The highest BCUT2D eigenvalue weighted by atomic mass is 16.5. The molecule has 1 aromatic rings. The number of aromatic nitrogens is 1. The minimum atomic E-state index is 0.0868. The molecule has 1 radical (unpaired) electrons. The van der Waals surface area contributed by atoms with Crippen LogP contribution in [-0.4, -0.2) is 5.16 Å². The van der Waals surface area contributed by atoms with Gasteiger partial charge in [-0.15, -0.1) is 0 Å². The van der Waals surface area contributed by atoms with Gasteiger partial charge in [0.05, 0.1) is 5.69 Å². The maximum absolute atomic E-state index is 4.68. The normalized spacial score (nSPS) is 12.5. The first-order valence-electron chi connectivity index (χ1n) is 3.88. The molecule has 1 heterocycles. The molecule has 0 N–H and O–H groups in total. The summed E-state index contributed by atoms with van der Waals surface area (Å²) in [5.74, 6) is 0.556. The predicted octanol–water partition coefficient (Wildman–Crippen LogP) is 2.41. The summed E-state index contributed by atoms with van der Waals surface area (Å²) in [7, 11) is 0. The maximum Gasteiger partial charge on any atom is 0.205 e. The van der Waals surface area contributed by atoms with Crippen molar-refractivity contribution in [2.75, 3.05) is 0 Å². The zero-order valence-electron chi connectivity index (χ0n) is 7.51. The standard InChI is InChI=1S/C9H14NO/c1-7(2)9(3,4)8-5-6-11-10-8/h5,7H,1-4H3. The minimum Gasteiger partial charge on any atom is -0.353 e. The van der Waals surface area contributed by atoms with Gasteiger partial charge >= 0.3 is 0 Å². The molecule has 0 atom stereocenters. The first-order chi connectivity index (χ1) is 5.05. The summed E-state index contributed by atoms with van der Waals surface area (Å²) >= 11 is 0. The van der Waals surface area contributed by atoms with Gasteiger partial charge in [0.25, 0.3) is 0 Å². The molecule has 0 spiro atoms. The number of hydrogen-bond acceptors (Lipinski definition) is 2. The van der Waals surface area contributed by atoms with Crippen molar-refractivity contribution in [3.05, 3.63) is 18.0 Å². The summed E-state index contributed by atoms with van der Waals surface area (Å²) in [5.41, 5.74) is 1.07. The fourth-order valence-electron chi connectivity index (χ4n) is 0.783. The van der Waals surface area contributed by atoms with Gasteiger partial charge in [0.15, 0.2) is 0 Å². The molecule has 0 saturated heterocycles. The predicted molar refractivity (Wildman–Crippen MR) is 43.2 cm³/mol. The van der Waals surface area contributed by atoms with Crippen LogP contribution < -0.4 is 0 Å². The molecular weight excluding hydrogens is 138 g/mol.